The lowest BCUT2D eigenvalue weighted by atomic mass is 10.2. The van der Waals surface area contributed by atoms with E-state index in [0.717, 1.165) is 11.3 Å². The van der Waals surface area contributed by atoms with E-state index in [1.54, 1.807) is 0 Å². The zero-order chi connectivity index (χ0) is 8.72. The first kappa shape index (κ1) is 7.30. The van der Waals surface area contributed by atoms with Gasteiger partial charge in [0.25, 0.3) is 0 Å². The van der Waals surface area contributed by atoms with Crippen molar-refractivity contribution in [3.05, 3.63) is 16.5 Å². The number of ketones is 1. The number of anilines is 1. The minimum absolute atomic E-state index is 0.0336. The zero-order valence-electron chi connectivity index (χ0n) is 5.96. The van der Waals surface area contributed by atoms with E-state index in [4.69, 9.17) is 5.11 Å². The van der Waals surface area contributed by atoms with Crippen LogP contribution >= 0.6 is 11.3 Å². The van der Waals surface area contributed by atoms with Gasteiger partial charge in [0, 0.05) is 0 Å². The van der Waals surface area contributed by atoms with Crippen LogP contribution in [0.15, 0.2) is 6.07 Å². The van der Waals surface area contributed by atoms with Crippen LogP contribution in [0, 0.1) is 0 Å². The first-order valence-corrected chi connectivity index (χ1v) is 4.14. The van der Waals surface area contributed by atoms with Crippen LogP contribution in [0.1, 0.15) is 20.0 Å². The SMILES string of the molecule is O=C(O)c1cc2c(s1)NCC2=O. The zero-order valence-corrected chi connectivity index (χ0v) is 6.77. The monoisotopic (exact) mass is 183 g/mol. The molecule has 0 bridgehead atoms. The van der Waals surface area contributed by atoms with Crippen molar-refractivity contribution in [2.45, 2.75) is 0 Å². The maximum atomic E-state index is 11.1. The second-order valence-electron chi connectivity index (χ2n) is 2.44. The Morgan fingerprint density at radius 1 is 1.67 bits per heavy atom. The van der Waals surface area contributed by atoms with E-state index in [1.807, 2.05) is 0 Å². The minimum atomic E-state index is -0.982. The van der Waals surface area contributed by atoms with Crippen molar-refractivity contribution in [3.63, 3.8) is 0 Å². The van der Waals surface area contributed by atoms with Crippen molar-refractivity contribution in [2.24, 2.45) is 0 Å². The largest absolute Gasteiger partial charge is 0.477 e. The second-order valence-corrected chi connectivity index (χ2v) is 3.49. The fraction of sp³-hybridized carbons (Fsp3) is 0.143. The summed E-state index contributed by atoms with van der Waals surface area (Å²) in [5.74, 6) is -1.02. The van der Waals surface area contributed by atoms with Gasteiger partial charge in [-0.05, 0) is 6.07 Å². The smallest absolute Gasteiger partial charge is 0.345 e. The van der Waals surface area contributed by atoms with E-state index < -0.39 is 5.97 Å². The standard InChI is InChI=1S/C7H5NO3S/c9-4-2-8-6-3(4)1-5(12-6)7(10)11/h1,8H,2H2,(H,10,11). The highest BCUT2D eigenvalue weighted by atomic mass is 32.1. The molecule has 1 aromatic rings. The quantitative estimate of drug-likeness (QED) is 0.683. The van der Waals surface area contributed by atoms with Gasteiger partial charge >= 0.3 is 5.97 Å². The summed E-state index contributed by atoms with van der Waals surface area (Å²) in [4.78, 5) is 21.7. The number of aromatic carboxylic acids is 1. The summed E-state index contributed by atoms with van der Waals surface area (Å²) < 4.78 is 0. The van der Waals surface area contributed by atoms with Crippen molar-refractivity contribution in [1.82, 2.24) is 0 Å². The number of hydrogen-bond acceptors (Lipinski definition) is 4. The summed E-state index contributed by atoms with van der Waals surface area (Å²) in [7, 11) is 0. The normalized spacial score (nSPS) is 14.2. The second kappa shape index (κ2) is 2.31. The Morgan fingerprint density at radius 2 is 2.42 bits per heavy atom. The van der Waals surface area contributed by atoms with Crippen molar-refractivity contribution >= 4 is 28.1 Å². The van der Waals surface area contributed by atoms with Crippen LogP contribution in [0.4, 0.5) is 5.00 Å². The minimum Gasteiger partial charge on any atom is -0.477 e. The lowest BCUT2D eigenvalue weighted by Gasteiger charge is -1.88. The van der Waals surface area contributed by atoms with Gasteiger partial charge in [-0.3, -0.25) is 4.79 Å². The summed E-state index contributed by atoms with van der Waals surface area (Å²) in [5, 5.41) is 12.1. The van der Waals surface area contributed by atoms with E-state index in [0.29, 0.717) is 17.1 Å². The summed E-state index contributed by atoms with van der Waals surface area (Å²) in [6, 6.07) is 1.42. The first-order valence-electron chi connectivity index (χ1n) is 3.32. The molecule has 0 fully saturated rings. The summed E-state index contributed by atoms with van der Waals surface area (Å²) in [6.45, 7) is 0.293. The Morgan fingerprint density at radius 3 is 3.00 bits per heavy atom. The van der Waals surface area contributed by atoms with Gasteiger partial charge in [-0.25, -0.2) is 4.79 Å². The highest BCUT2D eigenvalue weighted by Gasteiger charge is 2.23. The number of hydrogen-bond donors (Lipinski definition) is 2. The Bertz CT molecular complexity index is 369. The van der Waals surface area contributed by atoms with Crippen molar-refractivity contribution in [2.75, 3.05) is 11.9 Å². The third-order valence-corrected chi connectivity index (χ3v) is 2.73. The molecule has 0 saturated carbocycles. The van der Waals surface area contributed by atoms with Gasteiger partial charge in [-0.1, -0.05) is 0 Å². The highest BCUT2D eigenvalue weighted by molar-refractivity contribution is 7.18. The van der Waals surface area contributed by atoms with E-state index in [-0.39, 0.29) is 10.7 Å². The van der Waals surface area contributed by atoms with Crippen LogP contribution in [0.2, 0.25) is 0 Å². The number of thiophene rings is 1. The molecule has 2 heterocycles. The molecule has 1 aromatic heterocycles. The molecule has 0 saturated heterocycles. The van der Waals surface area contributed by atoms with Gasteiger partial charge in [-0.15, -0.1) is 11.3 Å². The summed E-state index contributed by atoms with van der Waals surface area (Å²) in [5.41, 5.74) is 0.511. The van der Waals surface area contributed by atoms with Crippen LogP contribution in [-0.2, 0) is 0 Å². The Kier molecular flexibility index (Phi) is 1.41. The molecule has 0 amide bonds. The maximum absolute atomic E-state index is 11.1. The molecule has 62 valence electrons. The number of carbonyl (C=O) groups is 2. The summed E-state index contributed by atoms with van der Waals surface area (Å²) >= 11 is 1.10. The van der Waals surface area contributed by atoms with Crippen molar-refractivity contribution < 1.29 is 14.7 Å². The molecule has 5 heteroatoms. The molecule has 2 N–H and O–H groups in total. The lowest BCUT2D eigenvalue weighted by Crippen LogP contribution is -2.02. The number of Topliss-reactive ketones (excluding diaryl/α,β-unsaturated/α-hetero) is 1. The van der Waals surface area contributed by atoms with E-state index >= 15 is 0 Å². The van der Waals surface area contributed by atoms with Crippen LogP contribution in [-0.4, -0.2) is 23.4 Å². The van der Waals surface area contributed by atoms with Crippen LogP contribution in [0.25, 0.3) is 0 Å². The van der Waals surface area contributed by atoms with Crippen LogP contribution < -0.4 is 5.32 Å². The topological polar surface area (TPSA) is 66.4 Å². The molecule has 0 aromatic carbocycles. The Labute approximate surface area is 71.8 Å². The van der Waals surface area contributed by atoms with Gasteiger partial charge in [-0.2, -0.15) is 0 Å². The van der Waals surface area contributed by atoms with Crippen molar-refractivity contribution in [1.29, 1.82) is 0 Å². The fourth-order valence-electron chi connectivity index (χ4n) is 1.09. The van der Waals surface area contributed by atoms with Crippen LogP contribution in [0.5, 0.6) is 0 Å². The number of nitrogens with one attached hydrogen (secondary N) is 1. The third kappa shape index (κ3) is 0.902. The molecule has 0 spiro atoms. The van der Waals surface area contributed by atoms with E-state index in [1.165, 1.54) is 6.07 Å². The number of carboxylic acids is 1. The van der Waals surface area contributed by atoms with Gasteiger partial charge in [0.2, 0.25) is 0 Å². The molecule has 2 rings (SSSR count). The lowest BCUT2D eigenvalue weighted by molar-refractivity contribution is 0.0702. The number of carbonyl (C=O) groups excluding carboxylic acids is 1. The average molecular weight is 183 g/mol. The van der Waals surface area contributed by atoms with Gasteiger partial charge in [0.05, 0.1) is 12.1 Å². The molecule has 0 aliphatic carbocycles. The predicted molar refractivity (Wildman–Crippen MR) is 44.1 cm³/mol. The average Bonchev–Trinajstić information content (AvgIpc) is 2.53. The first-order chi connectivity index (χ1) is 5.68. The van der Waals surface area contributed by atoms with E-state index in [9.17, 15) is 9.59 Å². The molecule has 0 radical (unpaired) electrons. The van der Waals surface area contributed by atoms with Gasteiger partial charge in [0.1, 0.15) is 9.88 Å². The van der Waals surface area contributed by atoms with E-state index in [2.05, 4.69) is 5.32 Å². The number of rotatable bonds is 1. The highest BCUT2D eigenvalue weighted by Crippen LogP contribution is 2.31. The van der Waals surface area contributed by atoms with Crippen LogP contribution in [0.3, 0.4) is 0 Å². The van der Waals surface area contributed by atoms with Gasteiger partial charge in [0.15, 0.2) is 5.78 Å². The number of fused-ring (bicyclic) bond motifs is 1. The fourth-order valence-corrected chi connectivity index (χ4v) is 2.00. The Hall–Kier alpha value is -1.36. The predicted octanol–water partition coefficient (Wildman–Crippen LogP) is 1.05. The third-order valence-electron chi connectivity index (χ3n) is 1.65. The van der Waals surface area contributed by atoms with Gasteiger partial charge < -0.3 is 10.4 Å². The molecule has 4 nitrogen and oxygen atoms in total. The molecule has 12 heavy (non-hydrogen) atoms. The molecular weight excluding hydrogens is 178 g/mol. The number of carboxylic acid groups (broad SMARTS) is 1. The molecule has 1 aliphatic heterocycles. The van der Waals surface area contributed by atoms with Crippen molar-refractivity contribution in [3.8, 4) is 0 Å². The molecular formula is C7H5NO3S. The maximum Gasteiger partial charge on any atom is 0.345 e. The molecule has 1 aliphatic rings. The Balaban J connectivity index is 2.49. The molecule has 0 atom stereocenters. The molecule has 0 unspecified atom stereocenters. The summed E-state index contributed by atoms with van der Waals surface area (Å²) in [6.07, 6.45) is 0.